The van der Waals surface area contributed by atoms with E-state index in [1.165, 1.54) is 4.68 Å². The first kappa shape index (κ1) is 12.9. The molecule has 0 unspecified atom stereocenters. The second-order valence-corrected chi connectivity index (χ2v) is 4.26. The van der Waals surface area contributed by atoms with Crippen LogP contribution in [0.2, 0.25) is 0 Å². The van der Waals surface area contributed by atoms with E-state index in [4.69, 9.17) is 11.6 Å². The molecule has 0 fully saturated rings. The Morgan fingerprint density at radius 2 is 2.00 bits per heavy atom. The van der Waals surface area contributed by atoms with Crippen molar-refractivity contribution in [3.05, 3.63) is 35.7 Å². The molecule has 1 aromatic carbocycles. The minimum absolute atomic E-state index is 0.106. The van der Waals surface area contributed by atoms with Gasteiger partial charge in [-0.15, -0.1) is 10.2 Å². The first-order valence-electron chi connectivity index (χ1n) is 5.87. The van der Waals surface area contributed by atoms with Crippen molar-refractivity contribution in [1.29, 1.82) is 0 Å². The molecule has 0 radical (unpaired) electrons. The maximum atomic E-state index is 11.7. The molecule has 0 aliphatic heterocycles. The maximum absolute atomic E-state index is 11.7. The van der Waals surface area contributed by atoms with Crippen LogP contribution >= 0.6 is 0 Å². The Kier molecular flexibility index (Phi) is 3.65. The summed E-state index contributed by atoms with van der Waals surface area (Å²) in [6.07, 6.45) is 0.654. The van der Waals surface area contributed by atoms with Gasteiger partial charge in [-0.1, -0.05) is 17.7 Å². The first-order valence-corrected chi connectivity index (χ1v) is 5.87. The van der Waals surface area contributed by atoms with E-state index in [2.05, 4.69) is 15.5 Å². The predicted octanol–water partition coefficient (Wildman–Crippen LogP) is 0.454. The molecule has 7 heteroatoms. The smallest absolute Gasteiger partial charge is 0.240 e. The lowest BCUT2D eigenvalue weighted by atomic mass is 10.2. The van der Waals surface area contributed by atoms with Crippen LogP contribution in [0, 0.1) is 6.92 Å². The highest BCUT2D eigenvalue weighted by Crippen LogP contribution is 2.09. The SMILES string of the molecule is Cc1ccc(NC(=O)CCc2nnc(N)n2N)cc1. The Morgan fingerprint density at radius 3 is 2.58 bits per heavy atom. The fraction of sp³-hybridized carbons (Fsp3) is 0.250. The lowest BCUT2D eigenvalue weighted by Gasteiger charge is -2.05. The lowest BCUT2D eigenvalue weighted by Crippen LogP contribution is -2.18. The summed E-state index contributed by atoms with van der Waals surface area (Å²) in [5.74, 6) is 6.10. The van der Waals surface area contributed by atoms with Crippen molar-refractivity contribution >= 4 is 17.5 Å². The molecule has 1 amide bonds. The van der Waals surface area contributed by atoms with Crippen molar-refractivity contribution in [3.8, 4) is 0 Å². The molecule has 0 bridgehead atoms. The maximum Gasteiger partial charge on any atom is 0.240 e. The van der Waals surface area contributed by atoms with Crippen LogP contribution in [0.25, 0.3) is 0 Å². The van der Waals surface area contributed by atoms with Gasteiger partial charge in [0.1, 0.15) is 0 Å². The van der Waals surface area contributed by atoms with E-state index >= 15 is 0 Å². The van der Waals surface area contributed by atoms with Crippen LogP contribution in [0.3, 0.4) is 0 Å². The van der Waals surface area contributed by atoms with Gasteiger partial charge in [0.2, 0.25) is 11.9 Å². The molecule has 0 spiro atoms. The zero-order valence-electron chi connectivity index (χ0n) is 10.6. The van der Waals surface area contributed by atoms with E-state index in [1.54, 1.807) is 0 Å². The minimum Gasteiger partial charge on any atom is -0.366 e. The number of anilines is 2. The van der Waals surface area contributed by atoms with Gasteiger partial charge >= 0.3 is 0 Å². The average molecular weight is 260 g/mol. The number of aryl methyl sites for hydroxylation is 2. The molecule has 7 nitrogen and oxygen atoms in total. The van der Waals surface area contributed by atoms with Crippen LogP contribution in [0.15, 0.2) is 24.3 Å². The van der Waals surface area contributed by atoms with Crippen LogP contribution < -0.4 is 16.9 Å². The number of rotatable bonds is 4. The summed E-state index contributed by atoms with van der Waals surface area (Å²) in [5.41, 5.74) is 7.36. The molecule has 5 N–H and O–H groups in total. The average Bonchev–Trinajstić information content (AvgIpc) is 2.70. The van der Waals surface area contributed by atoms with Crippen LogP contribution in [-0.2, 0) is 11.2 Å². The zero-order valence-corrected chi connectivity index (χ0v) is 10.6. The van der Waals surface area contributed by atoms with Gasteiger partial charge in [0.15, 0.2) is 5.82 Å². The van der Waals surface area contributed by atoms with Crippen LogP contribution in [-0.4, -0.2) is 20.8 Å². The van der Waals surface area contributed by atoms with Crippen LogP contribution in [0.1, 0.15) is 17.8 Å². The van der Waals surface area contributed by atoms with Gasteiger partial charge in [0.25, 0.3) is 0 Å². The quantitative estimate of drug-likeness (QED) is 0.691. The number of nitrogen functional groups attached to an aromatic ring is 2. The Balaban J connectivity index is 1.88. The highest BCUT2D eigenvalue weighted by molar-refractivity contribution is 5.90. The monoisotopic (exact) mass is 260 g/mol. The predicted molar refractivity (Wildman–Crippen MR) is 72.7 cm³/mol. The van der Waals surface area contributed by atoms with Gasteiger partial charge in [-0.25, -0.2) is 4.68 Å². The largest absolute Gasteiger partial charge is 0.366 e. The number of aromatic nitrogens is 3. The van der Waals surface area contributed by atoms with Crippen molar-refractivity contribution in [2.75, 3.05) is 16.9 Å². The van der Waals surface area contributed by atoms with Crippen molar-refractivity contribution < 1.29 is 4.79 Å². The Labute approximate surface area is 110 Å². The van der Waals surface area contributed by atoms with Crippen LogP contribution in [0.5, 0.6) is 0 Å². The van der Waals surface area contributed by atoms with Crippen molar-refractivity contribution in [2.24, 2.45) is 0 Å². The summed E-state index contributed by atoms with van der Waals surface area (Å²) in [5, 5.41) is 10.2. The molecule has 2 rings (SSSR count). The molecule has 1 heterocycles. The van der Waals surface area contributed by atoms with E-state index in [0.717, 1.165) is 11.3 Å². The first-order chi connectivity index (χ1) is 9.06. The zero-order chi connectivity index (χ0) is 13.8. The summed E-state index contributed by atoms with van der Waals surface area (Å²) in [4.78, 5) is 11.7. The highest BCUT2D eigenvalue weighted by atomic mass is 16.1. The number of carbonyl (C=O) groups excluding carboxylic acids is 1. The molecule has 0 aliphatic carbocycles. The van der Waals surface area contributed by atoms with Gasteiger partial charge in [0, 0.05) is 18.5 Å². The molecular weight excluding hydrogens is 244 g/mol. The minimum atomic E-state index is -0.106. The lowest BCUT2D eigenvalue weighted by molar-refractivity contribution is -0.116. The van der Waals surface area contributed by atoms with Crippen molar-refractivity contribution in [1.82, 2.24) is 14.9 Å². The molecule has 1 aromatic heterocycles. The van der Waals surface area contributed by atoms with Gasteiger partial charge in [-0.2, -0.15) is 0 Å². The number of amides is 1. The highest BCUT2D eigenvalue weighted by Gasteiger charge is 2.09. The third-order valence-corrected chi connectivity index (χ3v) is 2.70. The molecule has 19 heavy (non-hydrogen) atoms. The Morgan fingerprint density at radius 1 is 1.32 bits per heavy atom. The molecule has 2 aromatic rings. The van der Waals surface area contributed by atoms with Gasteiger partial charge in [-0.3, -0.25) is 4.79 Å². The number of carbonyl (C=O) groups is 1. The summed E-state index contributed by atoms with van der Waals surface area (Å²) in [6.45, 7) is 1.99. The van der Waals surface area contributed by atoms with E-state index in [0.29, 0.717) is 12.2 Å². The standard InChI is InChI=1S/C12H16N6O/c1-8-2-4-9(5-3-8)15-11(19)7-6-10-16-17-12(13)18(10)14/h2-5H,6-7,14H2,1H3,(H2,13,17)(H,15,19). The second kappa shape index (κ2) is 5.38. The Hall–Kier alpha value is -2.57. The van der Waals surface area contributed by atoms with Gasteiger partial charge in [-0.05, 0) is 19.1 Å². The number of hydrogen-bond acceptors (Lipinski definition) is 5. The van der Waals surface area contributed by atoms with E-state index < -0.39 is 0 Å². The molecular formula is C12H16N6O. The van der Waals surface area contributed by atoms with E-state index in [1.807, 2.05) is 31.2 Å². The fourth-order valence-electron chi connectivity index (χ4n) is 1.59. The fourth-order valence-corrected chi connectivity index (χ4v) is 1.59. The number of nitrogens with two attached hydrogens (primary N) is 2. The van der Waals surface area contributed by atoms with Gasteiger partial charge in [0.05, 0.1) is 0 Å². The van der Waals surface area contributed by atoms with E-state index in [-0.39, 0.29) is 18.3 Å². The molecule has 0 atom stereocenters. The molecule has 0 saturated heterocycles. The van der Waals surface area contributed by atoms with Gasteiger partial charge < -0.3 is 16.9 Å². The molecule has 100 valence electrons. The summed E-state index contributed by atoms with van der Waals surface area (Å²) < 4.78 is 1.18. The summed E-state index contributed by atoms with van der Waals surface area (Å²) >= 11 is 0. The number of nitrogens with zero attached hydrogens (tertiary/aromatic N) is 3. The molecule has 0 aliphatic rings. The summed E-state index contributed by atoms with van der Waals surface area (Å²) in [6, 6.07) is 7.59. The van der Waals surface area contributed by atoms with Crippen molar-refractivity contribution in [2.45, 2.75) is 19.8 Å². The third kappa shape index (κ3) is 3.21. The molecule has 0 saturated carbocycles. The third-order valence-electron chi connectivity index (χ3n) is 2.70. The van der Waals surface area contributed by atoms with Crippen molar-refractivity contribution in [3.63, 3.8) is 0 Å². The summed E-state index contributed by atoms with van der Waals surface area (Å²) in [7, 11) is 0. The Bertz CT molecular complexity index is 574. The normalized spacial score (nSPS) is 10.4. The number of hydrogen-bond donors (Lipinski definition) is 3. The topological polar surface area (TPSA) is 112 Å². The van der Waals surface area contributed by atoms with E-state index in [9.17, 15) is 4.79 Å². The second-order valence-electron chi connectivity index (χ2n) is 4.26. The number of nitrogens with one attached hydrogen (secondary N) is 1. The van der Waals surface area contributed by atoms with Crippen LogP contribution in [0.4, 0.5) is 11.6 Å². The number of benzene rings is 1.